The molecule has 4 heteroatoms. The van der Waals surface area contributed by atoms with Gasteiger partial charge in [0.15, 0.2) is 0 Å². The lowest BCUT2D eigenvalue weighted by Gasteiger charge is -2.28. The molecule has 1 aromatic carbocycles. The Kier molecular flexibility index (Phi) is 6.94. The van der Waals surface area contributed by atoms with Crippen molar-refractivity contribution in [2.45, 2.75) is 68.2 Å². The van der Waals surface area contributed by atoms with E-state index in [9.17, 15) is 0 Å². The monoisotopic (exact) mass is 374 g/mol. The van der Waals surface area contributed by atoms with Crippen LogP contribution in [0.3, 0.4) is 0 Å². The van der Waals surface area contributed by atoms with Crippen molar-refractivity contribution in [1.82, 2.24) is 9.55 Å². The largest absolute Gasteiger partial charge is 0.337 e. The Morgan fingerprint density at radius 1 is 1.24 bits per heavy atom. The van der Waals surface area contributed by atoms with Crippen molar-refractivity contribution in [3.05, 3.63) is 54.1 Å². The highest BCUT2D eigenvalue weighted by molar-refractivity contribution is 8.21. The number of hydrogen-bond acceptors (Lipinski definition) is 3. The van der Waals surface area contributed by atoms with Gasteiger partial charge in [0.1, 0.15) is 0 Å². The average Bonchev–Trinajstić information content (AvgIpc) is 3.28. The molecule has 2 nitrogen and oxygen atoms in total. The molecule has 0 aliphatic carbocycles. The van der Waals surface area contributed by atoms with Crippen molar-refractivity contribution >= 4 is 23.5 Å². The van der Waals surface area contributed by atoms with Gasteiger partial charge in [0.05, 0.1) is 10.4 Å². The van der Waals surface area contributed by atoms with Gasteiger partial charge in [-0.05, 0) is 38.2 Å². The van der Waals surface area contributed by atoms with Crippen molar-refractivity contribution in [3.8, 4) is 0 Å². The van der Waals surface area contributed by atoms with Crippen LogP contribution >= 0.6 is 23.5 Å². The zero-order valence-corrected chi connectivity index (χ0v) is 17.1. The Balaban J connectivity index is 1.62. The number of benzene rings is 1. The van der Waals surface area contributed by atoms with Gasteiger partial charge in [0.2, 0.25) is 0 Å². The average molecular weight is 375 g/mol. The molecule has 2 aromatic rings. The van der Waals surface area contributed by atoms with Crippen LogP contribution in [-0.2, 0) is 13.0 Å². The molecular formula is C21H30N2S2. The van der Waals surface area contributed by atoms with E-state index in [4.69, 9.17) is 0 Å². The van der Waals surface area contributed by atoms with Gasteiger partial charge in [-0.15, -0.1) is 23.5 Å². The van der Waals surface area contributed by atoms with Crippen molar-refractivity contribution in [2.75, 3.05) is 5.75 Å². The van der Waals surface area contributed by atoms with E-state index in [1.807, 2.05) is 12.5 Å². The standard InChI is InChI=1S/C21H30N2S2/c1-3-4-5-20-16-24-21(25-20,12-14-23-15-13-22-17-23)11-10-19-8-6-18(2)7-9-19/h6-9,13,15,17,20H,3-5,10-12,14,16H2,1-2H3. The zero-order valence-electron chi connectivity index (χ0n) is 15.5. The first kappa shape index (κ1) is 18.9. The summed E-state index contributed by atoms with van der Waals surface area (Å²) < 4.78 is 2.60. The molecule has 0 saturated carbocycles. The van der Waals surface area contributed by atoms with Crippen molar-refractivity contribution in [2.24, 2.45) is 0 Å². The quantitative estimate of drug-likeness (QED) is 0.540. The zero-order chi connectivity index (χ0) is 17.5. The van der Waals surface area contributed by atoms with E-state index in [1.54, 1.807) is 0 Å². The smallest absolute Gasteiger partial charge is 0.0945 e. The Morgan fingerprint density at radius 2 is 2.08 bits per heavy atom. The highest BCUT2D eigenvalue weighted by atomic mass is 32.2. The predicted molar refractivity (Wildman–Crippen MR) is 112 cm³/mol. The van der Waals surface area contributed by atoms with E-state index < -0.39 is 0 Å². The molecule has 0 N–H and O–H groups in total. The highest BCUT2D eigenvalue weighted by Gasteiger charge is 2.39. The van der Waals surface area contributed by atoms with Gasteiger partial charge in [0.25, 0.3) is 0 Å². The fourth-order valence-corrected chi connectivity index (χ4v) is 7.21. The van der Waals surface area contributed by atoms with E-state index in [-0.39, 0.29) is 0 Å². The van der Waals surface area contributed by atoms with Gasteiger partial charge in [-0.25, -0.2) is 4.98 Å². The SMILES string of the molecule is CCCCC1CSC(CCc2ccc(C)cc2)(CCn2ccnc2)S1. The Morgan fingerprint density at radius 3 is 2.80 bits per heavy atom. The van der Waals surface area contributed by atoms with Crippen LogP contribution in [0.5, 0.6) is 0 Å². The third-order valence-electron chi connectivity index (χ3n) is 5.02. The second-order valence-electron chi connectivity index (χ2n) is 7.14. The molecule has 0 amide bonds. The molecular weight excluding hydrogens is 344 g/mol. The molecule has 25 heavy (non-hydrogen) atoms. The minimum absolute atomic E-state index is 0.369. The summed E-state index contributed by atoms with van der Waals surface area (Å²) in [5, 5.41) is 0.839. The van der Waals surface area contributed by atoms with Gasteiger partial charge in [-0.1, -0.05) is 49.6 Å². The topological polar surface area (TPSA) is 17.8 Å². The molecule has 1 aliphatic heterocycles. The van der Waals surface area contributed by atoms with Gasteiger partial charge in [0, 0.05) is 29.9 Å². The lowest BCUT2D eigenvalue weighted by Crippen LogP contribution is -2.21. The molecule has 1 aromatic heterocycles. The van der Waals surface area contributed by atoms with E-state index in [1.165, 1.54) is 55.4 Å². The predicted octanol–water partition coefficient (Wildman–Crippen LogP) is 5.95. The van der Waals surface area contributed by atoms with Crippen LogP contribution in [0.15, 0.2) is 43.0 Å². The lowest BCUT2D eigenvalue weighted by molar-refractivity contribution is 0.573. The van der Waals surface area contributed by atoms with Gasteiger partial charge in [-0.3, -0.25) is 0 Å². The summed E-state index contributed by atoms with van der Waals surface area (Å²) in [4.78, 5) is 4.20. The van der Waals surface area contributed by atoms with E-state index in [0.29, 0.717) is 4.08 Å². The maximum absolute atomic E-state index is 4.20. The summed E-state index contributed by atoms with van der Waals surface area (Å²) in [7, 11) is 0. The third kappa shape index (κ3) is 5.55. The maximum Gasteiger partial charge on any atom is 0.0945 e. The molecule has 2 heterocycles. The Bertz CT molecular complexity index is 624. The van der Waals surface area contributed by atoms with Crippen molar-refractivity contribution in [1.29, 1.82) is 0 Å². The summed E-state index contributed by atoms with van der Waals surface area (Å²) >= 11 is 4.49. The number of aryl methyl sites for hydroxylation is 3. The molecule has 136 valence electrons. The minimum Gasteiger partial charge on any atom is -0.337 e. The summed E-state index contributed by atoms with van der Waals surface area (Å²) in [6, 6.07) is 9.09. The van der Waals surface area contributed by atoms with Crippen LogP contribution < -0.4 is 0 Å². The van der Waals surface area contributed by atoms with Crippen LogP contribution in [0.25, 0.3) is 0 Å². The second kappa shape index (κ2) is 9.18. The van der Waals surface area contributed by atoms with Gasteiger partial charge < -0.3 is 4.57 Å². The van der Waals surface area contributed by atoms with Crippen LogP contribution in [0, 0.1) is 6.92 Å². The van der Waals surface area contributed by atoms with E-state index >= 15 is 0 Å². The number of imidazole rings is 1. The number of nitrogens with zero attached hydrogens (tertiary/aromatic N) is 2. The minimum atomic E-state index is 0.369. The van der Waals surface area contributed by atoms with E-state index in [2.05, 4.69) is 77.4 Å². The summed E-state index contributed by atoms with van der Waals surface area (Å²) in [5.74, 6) is 1.32. The molecule has 2 atom stereocenters. The maximum atomic E-state index is 4.20. The van der Waals surface area contributed by atoms with Gasteiger partial charge in [-0.2, -0.15) is 0 Å². The molecule has 0 spiro atoms. The van der Waals surface area contributed by atoms with Crippen LogP contribution in [-0.4, -0.2) is 24.6 Å². The van der Waals surface area contributed by atoms with Crippen LogP contribution in [0.4, 0.5) is 0 Å². The Labute approximate surface area is 161 Å². The molecule has 1 aliphatic rings. The summed E-state index contributed by atoms with van der Waals surface area (Å²) in [5.41, 5.74) is 2.83. The summed E-state index contributed by atoms with van der Waals surface area (Å²) in [6.07, 6.45) is 13.7. The molecule has 1 saturated heterocycles. The van der Waals surface area contributed by atoms with Crippen molar-refractivity contribution < 1.29 is 0 Å². The lowest BCUT2D eigenvalue weighted by atomic mass is 10.0. The second-order valence-corrected chi connectivity index (χ2v) is 10.5. The third-order valence-corrected chi connectivity index (χ3v) is 8.95. The summed E-state index contributed by atoms with van der Waals surface area (Å²) in [6.45, 7) is 5.54. The number of hydrogen-bond donors (Lipinski definition) is 0. The number of thioether (sulfide) groups is 2. The molecule has 0 radical (unpaired) electrons. The molecule has 0 bridgehead atoms. The first-order chi connectivity index (χ1) is 12.2. The van der Waals surface area contributed by atoms with Crippen LogP contribution in [0.2, 0.25) is 0 Å². The number of rotatable bonds is 9. The van der Waals surface area contributed by atoms with E-state index in [0.717, 1.165) is 11.8 Å². The molecule has 3 rings (SSSR count). The fraction of sp³-hybridized carbons (Fsp3) is 0.571. The van der Waals surface area contributed by atoms with Gasteiger partial charge >= 0.3 is 0 Å². The molecule has 1 fully saturated rings. The highest BCUT2D eigenvalue weighted by Crippen LogP contribution is 2.54. The molecule has 2 unspecified atom stereocenters. The fourth-order valence-electron chi connectivity index (χ4n) is 3.39. The Hall–Kier alpha value is -0.870. The first-order valence-electron chi connectivity index (χ1n) is 9.52. The number of unbranched alkanes of at least 4 members (excludes halogenated alkanes) is 1. The van der Waals surface area contributed by atoms with Crippen LogP contribution in [0.1, 0.15) is 50.2 Å². The number of aromatic nitrogens is 2. The van der Waals surface area contributed by atoms with Crippen molar-refractivity contribution in [3.63, 3.8) is 0 Å². The normalized spacial score (nSPS) is 23.2. The first-order valence-corrected chi connectivity index (χ1v) is 11.4.